The van der Waals surface area contributed by atoms with Gasteiger partial charge in [0.25, 0.3) is 0 Å². The van der Waals surface area contributed by atoms with Crippen LogP contribution in [0.15, 0.2) is 85.3 Å². The van der Waals surface area contributed by atoms with Gasteiger partial charge in [-0.05, 0) is 42.0 Å². The summed E-state index contributed by atoms with van der Waals surface area (Å²) in [5, 5.41) is 14.8. The fourth-order valence-electron chi connectivity index (χ4n) is 3.25. The quantitative estimate of drug-likeness (QED) is 0.268. The lowest BCUT2D eigenvalue weighted by Gasteiger charge is -2.23. The first-order valence-corrected chi connectivity index (χ1v) is 9.99. The molecule has 172 valence electrons. The van der Waals surface area contributed by atoms with Gasteiger partial charge < -0.3 is 10.2 Å². The van der Waals surface area contributed by atoms with Crippen molar-refractivity contribution in [2.45, 2.75) is 12.7 Å². The first-order valence-electron chi connectivity index (χ1n) is 9.99. The van der Waals surface area contributed by atoms with Gasteiger partial charge in [-0.2, -0.15) is 13.2 Å². The van der Waals surface area contributed by atoms with Gasteiger partial charge in [-0.15, -0.1) is 0 Å². The second kappa shape index (κ2) is 9.53. The molecule has 0 fully saturated rings. The number of nitrogens with one attached hydrogen (secondary N) is 1. The Labute approximate surface area is 191 Å². The maximum Gasteiger partial charge on any atom is 0.416 e. The molecular weight excluding hydrogens is 449 g/mol. The lowest BCUT2D eigenvalue weighted by atomic mass is 10.2. The van der Waals surface area contributed by atoms with Crippen LogP contribution in [-0.2, 0) is 12.7 Å². The third-order valence-electron chi connectivity index (χ3n) is 4.83. The Hall–Kier alpha value is -4.54. The first-order chi connectivity index (χ1) is 16.3. The number of rotatable bonds is 7. The molecule has 0 saturated carbocycles. The Morgan fingerprint density at radius 3 is 2.24 bits per heavy atom. The predicted octanol–water partition coefficient (Wildman–Crippen LogP) is 5.88. The molecule has 1 N–H and O–H groups in total. The van der Waals surface area contributed by atoms with Gasteiger partial charge in [0.2, 0.25) is 11.6 Å². The highest BCUT2D eigenvalue weighted by atomic mass is 19.4. The third kappa shape index (κ3) is 5.09. The van der Waals surface area contributed by atoms with E-state index in [4.69, 9.17) is 0 Å². The smallest absolute Gasteiger partial charge is 0.334 e. The largest absolute Gasteiger partial charge is 0.416 e. The molecular formula is C23H17F3N6O2. The summed E-state index contributed by atoms with van der Waals surface area (Å²) < 4.78 is 38.6. The molecule has 4 aromatic rings. The van der Waals surface area contributed by atoms with Crippen LogP contribution in [0.3, 0.4) is 0 Å². The summed E-state index contributed by atoms with van der Waals surface area (Å²) in [7, 11) is 0. The third-order valence-corrected chi connectivity index (χ3v) is 4.83. The minimum Gasteiger partial charge on any atom is -0.334 e. The summed E-state index contributed by atoms with van der Waals surface area (Å²) in [6.45, 7) is 0.232. The molecule has 11 heteroatoms. The summed E-state index contributed by atoms with van der Waals surface area (Å²) in [6, 6.07) is 18.5. The number of hydrogen-bond donors (Lipinski definition) is 1. The molecule has 0 aliphatic rings. The van der Waals surface area contributed by atoms with E-state index in [-0.39, 0.29) is 23.9 Å². The Balaban J connectivity index is 1.76. The summed E-state index contributed by atoms with van der Waals surface area (Å²) in [4.78, 5) is 25.5. The van der Waals surface area contributed by atoms with Crippen LogP contribution in [-0.4, -0.2) is 19.9 Å². The lowest BCUT2D eigenvalue weighted by molar-refractivity contribution is -0.383. The van der Waals surface area contributed by atoms with Crippen LogP contribution < -0.4 is 10.2 Å². The maximum absolute atomic E-state index is 12.9. The van der Waals surface area contributed by atoms with Crippen molar-refractivity contribution >= 4 is 28.8 Å². The molecule has 34 heavy (non-hydrogen) atoms. The van der Waals surface area contributed by atoms with Crippen molar-refractivity contribution in [3.8, 4) is 0 Å². The summed E-state index contributed by atoms with van der Waals surface area (Å²) in [5.41, 5.74) is -0.212. The van der Waals surface area contributed by atoms with E-state index in [1.165, 1.54) is 12.1 Å². The number of pyridine rings is 1. The van der Waals surface area contributed by atoms with E-state index < -0.39 is 22.4 Å². The molecule has 8 nitrogen and oxygen atoms in total. The fourth-order valence-corrected chi connectivity index (χ4v) is 3.25. The van der Waals surface area contributed by atoms with E-state index in [0.29, 0.717) is 5.82 Å². The number of aromatic nitrogens is 3. The van der Waals surface area contributed by atoms with Gasteiger partial charge in [-0.25, -0.2) is 15.0 Å². The zero-order chi connectivity index (χ0) is 24.1. The molecule has 2 heterocycles. The molecule has 4 rings (SSSR count). The van der Waals surface area contributed by atoms with Gasteiger partial charge in [0.05, 0.1) is 17.0 Å². The van der Waals surface area contributed by atoms with Gasteiger partial charge in [0.15, 0.2) is 0 Å². The highest BCUT2D eigenvalue weighted by Crippen LogP contribution is 2.38. The molecule has 0 saturated heterocycles. The van der Waals surface area contributed by atoms with E-state index in [1.807, 2.05) is 30.3 Å². The van der Waals surface area contributed by atoms with Crippen LogP contribution in [0.2, 0.25) is 0 Å². The number of nitro groups is 1. The highest BCUT2D eigenvalue weighted by Gasteiger charge is 2.31. The molecule has 0 bridgehead atoms. The minimum atomic E-state index is -4.49. The monoisotopic (exact) mass is 466 g/mol. The zero-order valence-corrected chi connectivity index (χ0v) is 17.5. The number of hydrogen-bond acceptors (Lipinski definition) is 7. The molecule has 0 unspecified atom stereocenters. The normalized spacial score (nSPS) is 11.1. The van der Waals surface area contributed by atoms with Gasteiger partial charge >= 0.3 is 11.9 Å². The second-order valence-corrected chi connectivity index (χ2v) is 7.11. The van der Waals surface area contributed by atoms with Crippen LogP contribution in [0.4, 0.5) is 42.0 Å². The average Bonchev–Trinajstić information content (AvgIpc) is 2.83. The lowest BCUT2D eigenvalue weighted by Crippen LogP contribution is -2.21. The molecule has 0 radical (unpaired) electrons. The van der Waals surface area contributed by atoms with E-state index in [9.17, 15) is 23.3 Å². The molecule has 2 aromatic carbocycles. The maximum atomic E-state index is 12.9. The van der Waals surface area contributed by atoms with Crippen LogP contribution in [0, 0.1) is 10.1 Å². The molecule has 2 aromatic heterocycles. The average molecular weight is 466 g/mol. The summed E-state index contributed by atoms with van der Waals surface area (Å²) in [5.74, 6) is 0.245. The van der Waals surface area contributed by atoms with E-state index >= 15 is 0 Å². The van der Waals surface area contributed by atoms with Crippen molar-refractivity contribution in [2.75, 3.05) is 10.2 Å². The van der Waals surface area contributed by atoms with Crippen molar-refractivity contribution in [1.82, 2.24) is 15.0 Å². The molecule has 0 aliphatic carbocycles. The zero-order valence-electron chi connectivity index (χ0n) is 17.5. The van der Waals surface area contributed by atoms with E-state index in [0.717, 1.165) is 24.0 Å². The van der Waals surface area contributed by atoms with Gasteiger partial charge in [-0.1, -0.05) is 36.4 Å². The van der Waals surface area contributed by atoms with Crippen molar-refractivity contribution < 1.29 is 18.1 Å². The minimum absolute atomic E-state index is 0.0167. The van der Waals surface area contributed by atoms with E-state index in [1.54, 1.807) is 29.3 Å². The van der Waals surface area contributed by atoms with Crippen LogP contribution in [0.5, 0.6) is 0 Å². The summed E-state index contributed by atoms with van der Waals surface area (Å²) >= 11 is 0. The van der Waals surface area contributed by atoms with Crippen molar-refractivity contribution in [3.63, 3.8) is 0 Å². The number of anilines is 4. The van der Waals surface area contributed by atoms with Crippen LogP contribution in [0.1, 0.15) is 11.1 Å². The highest BCUT2D eigenvalue weighted by molar-refractivity contribution is 5.77. The van der Waals surface area contributed by atoms with Crippen molar-refractivity contribution in [3.05, 3.63) is 107 Å². The number of benzene rings is 2. The van der Waals surface area contributed by atoms with E-state index in [2.05, 4.69) is 20.3 Å². The number of nitrogens with zero attached hydrogens (tertiary/aromatic N) is 5. The first kappa shape index (κ1) is 22.6. The molecule has 0 aliphatic heterocycles. The van der Waals surface area contributed by atoms with Gasteiger partial charge in [0.1, 0.15) is 12.1 Å². The standard InChI is InChI=1S/C23H17F3N6O2/c24-23(25,26)17-9-11-18(12-10-17)30-21-20(32(33)34)22(29-15-28-21)31(19-8-4-5-13-27-19)14-16-6-2-1-3-7-16/h1-13,15H,14H2,(H,28,29,30). The number of halogens is 3. The number of alkyl halides is 3. The van der Waals surface area contributed by atoms with Gasteiger partial charge in [-0.3, -0.25) is 10.1 Å². The Morgan fingerprint density at radius 1 is 0.912 bits per heavy atom. The fraction of sp³-hybridized carbons (Fsp3) is 0.0870. The second-order valence-electron chi connectivity index (χ2n) is 7.11. The topological polar surface area (TPSA) is 97.1 Å². The Kier molecular flexibility index (Phi) is 6.35. The predicted molar refractivity (Wildman–Crippen MR) is 120 cm³/mol. The Bertz CT molecular complexity index is 1270. The molecule has 0 spiro atoms. The molecule has 0 amide bonds. The van der Waals surface area contributed by atoms with Crippen LogP contribution >= 0.6 is 0 Å². The van der Waals surface area contributed by atoms with Crippen molar-refractivity contribution in [1.29, 1.82) is 0 Å². The van der Waals surface area contributed by atoms with Crippen LogP contribution in [0.25, 0.3) is 0 Å². The SMILES string of the molecule is O=[N+]([O-])c1c(Nc2ccc(C(F)(F)F)cc2)ncnc1N(Cc1ccccc1)c1ccccn1. The summed E-state index contributed by atoms with van der Waals surface area (Å²) in [6.07, 6.45) is -1.79. The molecule has 0 atom stereocenters. The van der Waals surface area contributed by atoms with Gasteiger partial charge in [0, 0.05) is 11.9 Å². The van der Waals surface area contributed by atoms with Crippen molar-refractivity contribution in [2.24, 2.45) is 0 Å². The Morgan fingerprint density at radius 2 is 1.62 bits per heavy atom.